The molecular weight excluding hydrogens is 1330 g/mol. The minimum atomic E-state index is -4.96. The van der Waals surface area contributed by atoms with E-state index in [1.807, 2.05) is 0 Å². The van der Waals surface area contributed by atoms with Gasteiger partial charge in [0.2, 0.25) is 0 Å². The fourth-order valence-electron chi connectivity index (χ4n) is 13.0. The van der Waals surface area contributed by atoms with Gasteiger partial charge in [-0.1, -0.05) is 400 Å². The Balaban J connectivity index is 5.17. The first-order chi connectivity index (χ1) is 49.7. The Kier molecular flexibility index (Phi) is 75.8. The van der Waals surface area contributed by atoms with Crippen LogP contribution >= 0.6 is 15.6 Å². The molecule has 102 heavy (non-hydrogen) atoms. The van der Waals surface area contributed by atoms with Gasteiger partial charge in [-0.25, -0.2) is 9.13 Å². The molecule has 0 aliphatic carbocycles. The van der Waals surface area contributed by atoms with E-state index in [-0.39, 0.29) is 25.7 Å². The number of ether oxygens (including phenoxy) is 4. The second kappa shape index (κ2) is 77.2. The van der Waals surface area contributed by atoms with Gasteiger partial charge in [-0.05, 0) is 25.7 Å². The maximum atomic E-state index is 13.1. The summed E-state index contributed by atoms with van der Waals surface area (Å²) in [5.74, 6) is -2.11. The van der Waals surface area contributed by atoms with Crippen molar-refractivity contribution in [1.29, 1.82) is 0 Å². The third-order valence-electron chi connectivity index (χ3n) is 19.6. The number of hydrogen-bond acceptors (Lipinski definition) is 15. The van der Waals surface area contributed by atoms with Crippen LogP contribution in [0.2, 0.25) is 0 Å². The third-order valence-corrected chi connectivity index (χ3v) is 21.5. The summed E-state index contributed by atoms with van der Waals surface area (Å²) in [5, 5.41) is 10.6. The lowest BCUT2D eigenvalue weighted by molar-refractivity contribution is -0.161. The van der Waals surface area contributed by atoms with Crippen LogP contribution in [-0.4, -0.2) is 96.7 Å². The molecule has 0 aliphatic rings. The molecule has 0 spiro atoms. The molecule has 3 N–H and O–H groups in total. The van der Waals surface area contributed by atoms with Gasteiger partial charge in [-0.2, -0.15) is 0 Å². The van der Waals surface area contributed by atoms with Crippen LogP contribution < -0.4 is 0 Å². The lowest BCUT2D eigenvalue weighted by Gasteiger charge is -2.21. The van der Waals surface area contributed by atoms with Gasteiger partial charge in [-0.3, -0.25) is 37.3 Å². The van der Waals surface area contributed by atoms with Crippen LogP contribution in [-0.2, 0) is 65.4 Å². The Bertz CT molecular complexity index is 1930. The molecule has 5 atom stereocenters. The number of carbonyl (C=O) groups excluding carboxylic acids is 4. The fraction of sp³-hybridized carbons (Fsp3) is 0.952. The normalized spacial score (nSPS) is 13.8. The molecule has 0 radical (unpaired) electrons. The monoisotopic (exact) mass is 1490 g/mol. The average Bonchev–Trinajstić information content (AvgIpc) is 0.910. The molecule has 0 aromatic heterocycles. The van der Waals surface area contributed by atoms with Crippen molar-refractivity contribution in [2.45, 2.75) is 470 Å². The number of aliphatic hydroxyl groups excluding tert-OH is 1. The minimum Gasteiger partial charge on any atom is -0.462 e. The number of rotatable bonds is 84. The van der Waals surface area contributed by atoms with E-state index in [2.05, 4.69) is 27.7 Å². The molecule has 0 saturated carbocycles. The van der Waals surface area contributed by atoms with Crippen molar-refractivity contribution in [2.24, 2.45) is 0 Å². The maximum Gasteiger partial charge on any atom is 0.472 e. The zero-order valence-corrected chi connectivity index (χ0v) is 68.4. The molecule has 2 unspecified atom stereocenters. The fourth-order valence-corrected chi connectivity index (χ4v) is 14.6. The van der Waals surface area contributed by atoms with E-state index in [9.17, 15) is 43.2 Å². The summed E-state index contributed by atoms with van der Waals surface area (Å²) in [6.07, 6.45) is 71.0. The summed E-state index contributed by atoms with van der Waals surface area (Å²) >= 11 is 0. The molecule has 17 nitrogen and oxygen atoms in total. The van der Waals surface area contributed by atoms with Crippen LogP contribution in [0.5, 0.6) is 0 Å². The Labute approximate surface area is 626 Å². The number of phosphoric ester groups is 2. The Hall–Kier alpha value is -1.94. The molecule has 0 rings (SSSR count). The summed E-state index contributed by atoms with van der Waals surface area (Å²) in [6, 6.07) is 0. The molecule has 0 saturated heterocycles. The molecule has 0 heterocycles. The highest BCUT2D eigenvalue weighted by Crippen LogP contribution is 2.45. The number of phosphoric acid groups is 2. The van der Waals surface area contributed by atoms with Crippen LogP contribution in [0.4, 0.5) is 0 Å². The van der Waals surface area contributed by atoms with E-state index in [1.165, 1.54) is 283 Å². The molecule has 0 aliphatic heterocycles. The first-order valence-electron chi connectivity index (χ1n) is 43.3. The Morgan fingerprint density at radius 3 is 0.578 bits per heavy atom. The summed E-state index contributed by atoms with van der Waals surface area (Å²) < 4.78 is 68.7. The minimum absolute atomic E-state index is 0.108. The van der Waals surface area contributed by atoms with E-state index in [1.54, 1.807) is 0 Å². The number of hydrogen-bond donors (Lipinski definition) is 3. The number of aliphatic hydroxyl groups is 1. The SMILES string of the molecule is CCCCCCCCCCCCCCCCCCCCCCCCC(=O)O[C@H](COC(=O)CCCCCCCCCCCCCCCCCCCCC)COP(=O)(O)OC[C@@H](O)COP(=O)(O)OC[C@@H](COC(=O)CCCCCCCCCC)OC(=O)CCCCCCCCCCCCCCC. The van der Waals surface area contributed by atoms with Gasteiger partial charge in [0.1, 0.15) is 19.3 Å². The number of esters is 4. The first kappa shape index (κ1) is 100. The van der Waals surface area contributed by atoms with Crippen molar-refractivity contribution in [1.82, 2.24) is 0 Å². The highest BCUT2D eigenvalue weighted by Gasteiger charge is 2.30. The molecule has 0 aromatic rings. The number of unbranched alkanes of at least 4 members (excludes halogenated alkanes) is 58. The third kappa shape index (κ3) is 76.3. The van der Waals surface area contributed by atoms with E-state index >= 15 is 0 Å². The van der Waals surface area contributed by atoms with Crippen LogP contribution in [0.1, 0.15) is 451 Å². The zero-order chi connectivity index (χ0) is 74.6. The van der Waals surface area contributed by atoms with Crippen molar-refractivity contribution in [3.63, 3.8) is 0 Å². The van der Waals surface area contributed by atoms with E-state index in [4.69, 9.17) is 37.0 Å². The van der Waals surface area contributed by atoms with E-state index < -0.39 is 97.5 Å². The summed E-state index contributed by atoms with van der Waals surface area (Å²) in [5.41, 5.74) is 0. The van der Waals surface area contributed by atoms with E-state index in [0.29, 0.717) is 25.7 Å². The smallest absolute Gasteiger partial charge is 0.462 e. The maximum absolute atomic E-state index is 13.1. The van der Waals surface area contributed by atoms with E-state index in [0.717, 1.165) is 89.9 Å². The molecular formula is C83H162O17P2. The highest BCUT2D eigenvalue weighted by atomic mass is 31.2. The van der Waals surface area contributed by atoms with Gasteiger partial charge in [-0.15, -0.1) is 0 Å². The van der Waals surface area contributed by atoms with Crippen LogP contribution in [0, 0.1) is 0 Å². The quantitative estimate of drug-likeness (QED) is 0.0222. The van der Waals surface area contributed by atoms with Crippen molar-refractivity contribution < 1.29 is 80.2 Å². The predicted molar refractivity (Wildman–Crippen MR) is 419 cm³/mol. The van der Waals surface area contributed by atoms with Gasteiger partial charge in [0, 0.05) is 25.7 Å². The zero-order valence-electron chi connectivity index (χ0n) is 66.6. The van der Waals surface area contributed by atoms with Gasteiger partial charge in [0.15, 0.2) is 12.2 Å². The Morgan fingerprint density at radius 2 is 0.392 bits per heavy atom. The lowest BCUT2D eigenvalue weighted by atomic mass is 10.0. The topological polar surface area (TPSA) is 237 Å². The van der Waals surface area contributed by atoms with Gasteiger partial charge in [0.05, 0.1) is 26.4 Å². The standard InChI is InChI=1S/C83H162O17P2/c1-5-9-13-17-21-25-28-31-33-35-37-38-39-41-43-45-48-51-54-58-62-66-70-83(88)100-79(74-94-81(86)68-64-60-56-52-49-47-44-42-40-36-34-32-29-26-22-18-14-10-6-2)76-98-102(91,92)96-72-77(84)71-95-101(89,90)97-75-78(73-93-80(85)67-63-59-55-24-20-16-12-8-4)99-82(87)69-65-61-57-53-50-46-30-27-23-19-15-11-7-3/h77-79,84H,5-76H2,1-4H3,(H,89,90)(H,91,92)/t77-,78+,79+/m0/s1. The largest absolute Gasteiger partial charge is 0.472 e. The predicted octanol–water partition coefficient (Wildman–Crippen LogP) is 25.4. The summed E-state index contributed by atoms with van der Waals surface area (Å²) in [6.45, 7) is 5.00. The van der Waals surface area contributed by atoms with Crippen molar-refractivity contribution in [3.8, 4) is 0 Å². The van der Waals surface area contributed by atoms with Gasteiger partial charge in [0.25, 0.3) is 0 Å². The summed E-state index contributed by atoms with van der Waals surface area (Å²) in [7, 11) is -9.91. The molecule has 0 bridgehead atoms. The van der Waals surface area contributed by atoms with Crippen LogP contribution in [0.25, 0.3) is 0 Å². The Morgan fingerprint density at radius 1 is 0.235 bits per heavy atom. The second-order valence-electron chi connectivity index (χ2n) is 29.9. The number of carbonyl (C=O) groups is 4. The van der Waals surface area contributed by atoms with Crippen molar-refractivity contribution in [3.05, 3.63) is 0 Å². The van der Waals surface area contributed by atoms with Crippen molar-refractivity contribution in [2.75, 3.05) is 39.6 Å². The second-order valence-corrected chi connectivity index (χ2v) is 32.8. The molecule has 606 valence electrons. The van der Waals surface area contributed by atoms with Crippen molar-refractivity contribution >= 4 is 39.5 Å². The molecule has 0 amide bonds. The molecule has 0 aromatic carbocycles. The molecule has 0 fully saturated rings. The van der Waals surface area contributed by atoms with Gasteiger partial charge >= 0.3 is 39.5 Å². The highest BCUT2D eigenvalue weighted by molar-refractivity contribution is 7.47. The first-order valence-corrected chi connectivity index (χ1v) is 46.3. The average molecular weight is 1490 g/mol. The van der Waals surface area contributed by atoms with Gasteiger partial charge < -0.3 is 33.8 Å². The summed E-state index contributed by atoms with van der Waals surface area (Å²) in [4.78, 5) is 73.0. The van der Waals surface area contributed by atoms with Crippen LogP contribution in [0.3, 0.4) is 0 Å². The van der Waals surface area contributed by atoms with Crippen LogP contribution in [0.15, 0.2) is 0 Å². The molecule has 19 heteroatoms. The lowest BCUT2D eigenvalue weighted by Crippen LogP contribution is -2.30.